The Bertz CT molecular complexity index is 1010. The summed E-state index contributed by atoms with van der Waals surface area (Å²) in [6, 6.07) is 5.73. The van der Waals surface area contributed by atoms with E-state index in [1.54, 1.807) is 6.07 Å². The molecule has 4 rings (SSSR count). The Labute approximate surface area is 200 Å². The summed E-state index contributed by atoms with van der Waals surface area (Å²) in [5.41, 5.74) is 1.92. The van der Waals surface area contributed by atoms with E-state index in [1.807, 2.05) is 32.9 Å². The number of halogens is 1. The molecule has 2 aliphatic rings. The molecule has 1 aliphatic heterocycles. The van der Waals surface area contributed by atoms with Crippen molar-refractivity contribution in [2.75, 3.05) is 31.2 Å². The second kappa shape index (κ2) is 11.0. The van der Waals surface area contributed by atoms with Gasteiger partial charge in [-0.05, 0) is 68.2 Å². The normalized spacial score (nSPS) is 19.3. The molecule has 0 bridgehead atoms. The van der Waals surface area contributed by atoms with Gasteiger partial charge < -0.3 is 18.9 Å². The second-order valence-corrected chi connectivity index (χ2v) is 9.43. The zero-order valence-corrected chi connectivity index (χ0v) is 20.3. The van der Waals surface area contributed by atoms with Crippen LogP contribution in [0.2, 0.25) is 0 Å². The van der Waals surface area contributed by atoms with Gasteiger partial charge in [-0.15, -0.1) is 0 Å². The van der Waals surface area contributed by atoms with Crippen LogP contribution in [0, 0.1) is 17.7 Å². The van der Waals surface area contributed by atoms with Crippen LogP contribution >= 0.6 is 0 Å². The first-order valence-electron chi connectivity index (χ1n) is 12.3. The van der Waals surface area contributed by atoms with E-state index in [0.29, 0.717) is 31.6 Å². The summed E-state index contributed by atoms with van der Waals surface area (Å²) < 4.78 is 31.1. The fraction of sp³-hybridized carbons (Fsp3) is 0.577. The quantitative estimate of drug-likeness (QED) is 0.479. The molecule has 1 aromatic heterocycles. The van der Waals surface area contributed by atoms with Crippen molar-refractivity contribution >= 4 is 17.6 Å². The van der Waals surface area contributed by atoms with Gasteiger partial charge in [0, 0.05) is 19.0 Å². The van der Waals surface area contributed by atoms with Crippen molar-refractivity contribution in [3.63, 3.8) is 0 Å². The third-order valence-electron chi connectivity index (χ3n) is 6.64. The summed E-state index contributed by atoms with van der Waals surface area (Å²) in [7, 11) is 0. The van der Waals surface area contributed by atoms with E-state index in [1.165, 1.54) is 6.07 Å². The van der Waals surface area contributed by atoms with Gasteiger partial charge >= 0.3 is 12.0 Å². The molecule has 1 aliphatic carbocycles. The number of hydrogen-bond acceptors (Lipinski definition) is 7. The molecule has 1 unspecified atom stereocenters. The molecule has 1 fully saturated rings. The van der Waals surface area contributed by atoms with Crippen LogP contribution in [0.5, 0.6) is 5.75 Å². The third kappa shape index (κ3) is 5.77. The number of carbonyl (C=O) groups is 1. The number of allylic oxidation sites excluding steroid dienone is 2. The topological polar surface area (TPSA) is 77.7 Å². The number of hydrogen-bond donors (Lipinski definition) is 0. The molecular weight excluding hydrogens is 437 g/mol. The van der Waals surface area contributed by atoms with Crippen molar-refractivity contribution < 1.29 is 23.2 Å². The summed E-state index contributed by atoms with van der Waals surface area (Å²) in [5.74, 6) is 1.00. The van der Waals surface area contributed by atoms with Crippen molar-refractivity contribution in [2.45, 2.75) is 58.8 Å². The van der Waals surface area contributed by atoms with Crippen LogP contribution in [0.4, 0.5) is 10.4 Å². The highest BCUT2D eigenvalue weighted by Crippen LogP contribution is 2.33. The number of piperidine rings is 1. The maximum Gasteiger partial charge on any atom is 0.324 e. The first-order chi connectivity index (χ1) is 16.4. The maximum atomic E-state index is 14.8. The molecule has 2 heterocycles. The van der Waals surface area contributed by atoms with E-state index in [-0.39, 0.29) is 29.4 Å². The summed E-state index contributed by atoms with van der Waals surface area (Å²) in [5, 5.41) is 4.04. The average molecular weight is 472 g/mol. The van der Waals surface area contributed by atoms with E-state index in [4.69, 9.17) is 14.0 Å². The van der Waals surface area contributed by atoms with Gasteiger partial charge in [-0.3, -0.25) is 4.79 Å². The van der Waals surface area contributed by atoms with Gasteiger partial charge in [-0.2, -0.15) is 4.98 Å². The van der Waals surface area contributed by atoms with Gasteiger partial charge in [0.15, 0.2) is 17.4 Å². The Hall–Kier alpha value is -2.90. The number of anilines is 1. The fourth-order valence-corrected chi connectivity index (χ4v) is 4.48. The van der Waals surface area contributed by atoms with Crippen molar-refractivity contribution in [1.29, 1.82) is 0 Å². The van der Waals surface area contributed by atoms with Gasteiger partial charge in [0.1, 0.15) is 0 Å². The standard InChI is InChI=1S/C26H34FN3O4/c1-4-32-25(31)20-7-5-19(6-8-20)21-9-10-23(22(27)15-21)33-16-18-11-13-30(14-12-18)26-28-24(17(2)3)29-34-26/h5,9-10,15,17-18,20H,4,6-8,11-14,16H2,1-3H3. The Morgan fingerprint density at radius 2 is 2.06 bits per heavy atom. The minimum atomic E-state index is -0.351. The van der Waals surface area contributed by atoms with E-state index >= 15 is 0 Å². The van der Waals surface area contributed by atoms with Crippen molar-refractivity contribution in [3.8, 4) is 5.75 Å². The van der Waals surface area contributed by atoms with Crippen LogP contribution in [-0.2, 0) is 9.53 Å². The molecule has 0 amide bonds. The Kier molecular flexibility index (Phi) is 7.85. The van der Waals surface area contributed by atoms with Gasteiger partial charge in [-0.25, -0.2) is 4.39 Å². The van der Waals surface area contributed by atoms with Crippen LogP contribution in [-0.4, -0.2) is 42.4 Å². The first-order valence-corrected chi connectivity index (χ1v) is 12.3. The lowest BCUT2D eigenvalue weighted by Gasteiger charge is -2.30. The molecule has 0 radical (unpaired) electrons. The Morgan fingerprint density at radius 3 is 2.68 bits per heavy atom. The molecule has 0 N–H and O–H groups in total. The molecule has 0 saturated carbocycles. The van der Waals surface area contributed by atoms with Crippen LogP contribution in [0.1, 0.15) is 70.2 Å². The molecule has 2 aromatic rings. The smallest absolute Gasteiger partial charge is 0.324 e. The highest BCUT2D eigenvalue weighted by molar-refractivity contribution is 5.75. The van der Waals surface area contributed by atoms with Gasteiger partial charge in [-0.1, -0.05) is 31.1 Å². The number of benzene rings is 1. The number of carbonyl (C=O) groups excluding carboxylic acids is 1. The van der Waals surface area contributed by atoms with Crippen LogP contribution in [0.15, 0.2) is 28.8 Å². The van der Waals surface area contributed by atoms with Crippen molar-refractivity contribution in [3.05, 3.63) is 41.5 Å². The summed E-state index contributed by atoms with van der Waals surface area (Å²) >= 11 is 0. The molecule has 184 valence electrons. The van der Waals surface area contributed by atoms with E-state index in [9.17, 15) is 9.18 Å². The Balaban J connectivity index is 1.26. The molecule has 7 nitrogen and oxygen atoms in total. The Morgan fingerprint density at radius 1 is 1.26 bits per heavy atom. The fourth-order valence-electron chi connectivity index (χ4n) is 4.48. The molecule has 1 atom stereocenters. The van der Waals surface area contributed by atoms with Gasteiger partial charge in [0.05, 0.1) is 19.1 Å². The number of nitrogens with zero attached hydrogens (tertiary/aromatic N) is 3. The lowest BCUT2D eigenvalue weighted by molar-refractivity contribution is -0.148. The molecule has 1 saturated heterocycles. The average Bonchev–Trinajstić information content (AvgIpc) is 3.35. The first kappa shape index (κ1) is 24.2. The third-order valence-corrected chi connectivity index (χ3v) is 6.64. The predicted octanol–water partition coefficient (Wildman–Crippen LogP) is 5.37. The largest absolute Gasteiger partial charge is 0.490 e. The minimum Gasteiger partial charge on any atom is -0.490 e. The SMILES string of the molecule is CCOC(=O)C1CC=C(c2ccc(OCC3CCN(c4nc(C(C)C)no4)CC3)c(F)c2)CC1. The van der Waals surface area contributed by atoms with Gasteiger partial charge in [0.25, 0.3) is 0 Å². The molecule has 1 aromatic carbocycles. The van der Waals surface area contributed by atoms with E-state index in [0.717, 1.165) is 55.7 Å². The monoisotopic (exact) mass is 471 g/mol. The number of rotatable bonds is 8. The molecular formula is C26H34FN3O4. The lowest BCUT2D eigenvalue weighted by Crippen LogP contribution is -2.35. The van der Waals surface area contributed by atoms with Crippen molar-refractivity contribution in [2.24, 2.45) is 11.8 Å². The number of aromatic nitrogens is 2. The second-order valence-electron chi connectivity index (χ2n) is 9.43. The van der Waals surface area contributed by atoms with Crippen LogP contribution < -0.4 is 9.64 Å². The zero-order valence-electron chi connectivity index (χ0n) is 20.3. The molecule has 8 heteroatoms. The van der Waals surface area contributed by atoms with E-state index in [2.05, 4.69) is 15.0 Å². The summed E-state index contributed by atoms with van der Waals surface area (Å²) in [6.07, 6.45) is 5.98. The number of esters is 1. The van der Waals surface area contributed by atoms with Crippen LogP contribution in [0.3, 0.4) is 0 Å². The minimum absolute atomic E-state index is 0.0975. The predicted molar refractivity (Wildman–Crippen MR) is 127 cm³/mol. The highest BCUT2D eigenvalue weighted by Gasteiger charge is 2.25. The van der Waals surface area contributed by atoms with Crippen molar-refractivity contribution in [1.82, 2.24) is 10.1 Å². The summed E-state index contributed by atoms with van der Waals surface area (Å²) in [6.45, 7) is 8.40. The summed E-state index contributed by atoms with van der Waals surface area (Å²) in [4.78, 5) is 18.5. The molecule has 0 spiro atoms. The lowest BCUT2D eigenvalue weighted by atomic mass is 9.86. The molecule has 34 heavy (non-hydrogen) atoms. The number of ether oxygens (including phenoxy) is 2. The van der Waals surface area contributed by atoms with E-state index < -0.39 is 0 Å². The maximum absolute atomic E-state index is 14.8. The zero-order chi connectivity index (χ0) is 24.1. The van der Waals surface area contributed by atoms with Crippen LogP contribution in [0.25, 0.3) is 5.57 Å². The highest BCUT2D eigenvalue weighted by atomic mass is 19.1. The van der Waals surface area contributed by atoms with Gasteiger partial charge in [0.2, 0.25) is 0 Å².